The number of rotatable bonds is 4. The second-order valence-electron chi connectivity index (χ2n) is 3.77. The number of pyridine rings is 1. The molecule has 5 nitrogen and oxygen atoms in total. The number of hydrogen-bond acceptors (Lipinski definition) is 4. The van der Waals surface area contributed by atoms with Gasteiger partial charge in [0.1, 0.15) is 5.82 Å². The predicted octanol–water partition coefficient (Wildman–Crippen LogP) is 2.03. The highest BCUT2D eigenvalue weighted by molar-refractivity contribution is 7.92. The molecule has 0 spiro atoms. The lowest BCUT2D eigenvalue weighted by Gasteiger charge is -2.08. The highest BCUT2D eigenvalue weighted by Crippen LogP contribution is 2.17. The fourth-order valence-electron chi connectivity index (χ4n) is 1.44. The van der Waals surface area contributed by atoms with Crippen molar-refractivity contribution in [1.82, 2.24) is 4.98 Å². The molecule has 2 aromatic rings. The molecule has 0 radical (unpaired) electrons. The van der Waals surface area contributed by atoms with Crippen LogP contribution in [0.1, 0.15) is 5.56 Å². The summed E-state index contributed by atoms with van der Waals surface area (Å²) in [5.41, 5.74) is 0.573. The van der Waals surface area contributed by atoms with Gasteiger partial charge in [-0.1, -0.05) is 11.6 Å². The molecule has 0 saturated heterocycles. The first-order valence-corrected chi connectivity index (χ1v) is 7.21. The highest BCUT2D eigenvalue weighted by atomic mass is 35.5. The van der Waals surface area contributed by atoms with E-state index >= 15 is 0 Å². The number of hydrogen-bond donors (Lipinski definition) is 2. The molecule has 0 amide bonds. The average molecular weight is 299 g/mol. The zero-order chi connectivity index (χ0) is 13.9. The van der Waals surface area contributed by atoms with Crippen LogP contribution in [-0.4, -0.2) is 18.5 Å². The van der Waals surface area contributed by atoms with Gasteiger partial charge in [0.15, 0.2) is 0 Å². The van der Waals surface area contributed by atoms with Crippen LogP contribution in [0.5, 0.6) is 0 Å². The number of aromatic nitrogens is 1. The van der Waals surface area contributed by atoms with E-state index in [4.69, 9.17) is 16.7 Å². The van der Waals surface area contributed by atoms with Gasteiger partial charge >= 0.3 is 0 Å². The summed E-state index contributed by atoms with van der Waals surface area (Å²) in [5.74, 6) is 0.154. The molecule has 1 aromatic heterocycles. The van der Waals surface area contributed by atoms with E-state index in [-0.39, 0.29) is 17.3 Å². The van der Waals surface area contributed by atoms with Gasteiger partial charge in [-0.25, -0.2) is 13.4 Å². The number of aliphatic hydroxyl groups is 1. The fourth-order valence-corrected chi connectivity index (χ4v) is 2.56. The van der Waals surface area contributed by atoms with E-state index in [2.05, 4.69) is 9.71 Å². The van der Waals surface area contributed by atoms with E-state index in [1.165, 1.54) is 36.5 Å². The molecule has 100 valence electrons. The first-order chi connectivity index (χ1) is 9.01. The Bertz CT molecular complexity index is 672. The van der Waals surface area contributed by atoms with Crippen molar-refractivity contribution in [1.29, 1.82) is 0 Å². The van der Waals surface area contributed by atoms with Gasteiger partial charge in [0.05, 0.1) is 11.5 Å². The number of nitrogens with zero attached hydrogens (tertiary/aromatic N) is 1. The Kier molecular flexibility index (Phi) is 4.04. The fraction of sp³-hybridized carbons (Fsp3) is 0.0833. The van der Waals surface area contributed by atoms with Crippen molar-refractivity contribution in [3.05, 3.63) is 53.2 Å². The maximum Gasteiger partial charge on any atom is 0.263 e. The Hall–Kier alpha value is -1.63. The Labute approximate surface area is 115 Å². The molecule has 0 atom stereocenters. The summed E-state index contributed by atoms with van der Waals surface area (Å²) in [6.07, 6.45) is 1.42. The number of benzene rings is 1. The SMILES string of the molecule is O=S(=O)(Nc1cc(CO)ccn1)c1ccc(Cl)cc1. The molecule has 1 aromatic carbocycles. The van der Waals surface area contributed by atoms with Crippen LogP contribution in [-0.2, 0) is 16.6 Å². The van der Waals surface area contributed by atoms with E-state index in [0.29, 0.717) is 10.6 Å². The van der Waals surface area contributed by atoms with E-state index in [1.54, 1.807) is 6.07 Å². The summed E-state index contributed by atoms with van der Waals surface area (Å²) in [6, 6.07) is 8.86. The van der Waals surface area contributed by atoms with Crippen LogP contribution in [0.2, 0.25) is 5.02 Å². The maximum absolute atomic E-state index is 12.1. The number of halogens is 1. The van der Waals surface area contributed by atoms with Crippen LogP contribution in [0.4, 0.5) is 5.82 Å². The van der Waals surface area contributed by atoms with Crippen molar-refractivity contribution in [3.63, 3.8) is 0 Å². The summed E-state index contributed by atoms with van der Waals surface area (Å²) >= 11 is 5.71. The minimum absolute atomic E-state index is 0.0908. The lowest BCUT2D eigenvalue weighted by Crippen LogP contribution is -2.14. The zero-order valence-electron chi connectivity index (χ0n) is 9.75. The van der Waals surface area contributed by atoms with Gasteiger partial charge in [0.2, 0.25) is 0 Å². The number of sulfonamides is 1. The van der Waals surface area contributed by atoms with E-state index in [0.717, 1.165) is 0 Å². The average Bonchev–Trinajstić information content (AvgIpc) is 2.39. The Morgan fingerprint density at radius 3 is 2.53 bits per heavy atom. The van der Waals surface area contributed by atoms with E-state index < -0.39 is 10.0 Å². The molecular formula is C12H11ClN2O3S. The third-order valence-corrected chi connectivity index (χ3v) is 3.99. The standard InChI is InChI=1S/C12H11ClN2O3S/c13-10-1-3-11(4-2-10)19(17,18)15-12-7-9(8-16)5-6-14-12/h1-7,16H,8H2,(H,14,15). The minimum atomic E-state index is -3.71. The molecular weight excluding hydrogens is 288 g/mol. The van der Waals surface area contributed by atoms with Crippen LogP contribution in [0, 0.1) is 0 Å². The van der Waals surface area contributed by atoms with Crippen LogP contribution in [0.25, 0.3) is 0 Å². The van der Waals surface area contributed by atoms with Crippen molar-refractivity contribution in [3.8, 4) is 0 Å². The smallest absolute Gasteiger partial charge is 0.263 e. The van der Waals surface area contributed by atoms with Gasteiger partial charge in [-0.15, -0.1) is 0 Å². The van der Waals surface area contributed by atoms with Gasteiger partial charge in [0.25, 0.3) is 10.0 Å². The monoisotopic (exact) mass is 298 g/mol. The van der Waals surface area contributed by atoms with E-state index in [9.17, 15) is 8.42 Å². The van der Waals surface area contributed by atoms with Gasteiger partial charge in [-0.2, -0.15) is 0 Å². The molecule has 0 saturated carbocycles. The van der Waals surface area contributed by atoms with Crippen molar-refractivity contribution >= 4 is 27.4 Å². The molecule has 0 aliphatic heterocycles. The normalized spacial score (nSPS) is 11.3. The largest absolute Gasteiger partial charge is 0.392 e. The molecule has 1 heterocycles. The first-order valence-electron chi connectivity index (χ1n) is 5.35. The van der Waals surface area contributed by atoms with Crippen LogP contribution >= 0.6 is 11.6 Å². The second-order valence-corrected chi connectivity index (χ2v) is 5.89. The van der Waals surface area contributed by atoms with Crippen molar-refractivity contribution < 1.29 is 13.5 Å². The number of nitrogens with one attached hydrogen (secondary N) is 1. The van der Waals surface area contributed by atoms with E-state index in [1.807, 2.05) is 0 Å². The highest BCUT2D eigenvalue weighted by Gasteiger charge is 2.14. The summed E-state index contributed by atoms with van der Waals surface area (Å²) in [4.78, 5) is 3.98. The molecule has 0 aliphatic carbocycles. The Morgan fingerprint density at radius 1 is 1.21 bits per heavy atom. The summed E-state index contributed by atoms with van der Waals surface area (Å²) in [5, 5.41) is 9.45. The second kappa shape index (κ2) is 5.56. The zero-order valence-corrected chi connectivity index (χ0v) is 11.3. The maximum atomic E-state index is 12.1. The minimum Gasteiger partial charge on any atom is -0.392 e. The van der Waals surface area contributed by atoms with Gasteiger partial charge in [-0.3, -0.25) is 4.72 Å². The molecule has 0 aliphatic rings. The Balaban J connectivity index is 2.28. The van der Waals surface area contributed by atoms with Gasteiger partial charge in [-0.05, 0) is 42.0 Å². The molecule has 0 fully saturated rings. The van der Waals surface area contributed by atoms with Crippen molar-refractivity contribution in [2.75, 3.05) is 4.72 Å². The quantitative estimate of drug-likeness (QED) is 0.905. The molecule has 0 unspecified atom stereocenters. The third kappa shape index (κ3) is 3.44. The first kappa shape index (κ1) is 13.8. The van der Waals surface area contributed by atoms with Crippen LogP contribution in [0.15, 0.2) is 47.5 Å². The number of aliphatic hydroxyl groups excluding tert-OH is 1. The topological polar surface area (TPSA) is 79.3 Å². The van der Waals surface area contributed by atoms with Gasteiger partial charge in [0, 0.05) is 11.2 Å². The molecule has 2 rings (SSSR count). The van der Waals surface area contributed by atoms with Gasteiger partial charge < -0.3 is 5.11 Å². The lowest BCUT2D eigenvalue weighted by molar-refractivity contribution is 0.282. The summed E-state index contributed by atoms with van der Waals surface area (Å²) in [7, 11) is -3.71. The molecule has 2 N–H and O–H groups in total. The predicted molar refractivity (Wildman–Crippen MR) is 72.4 cm³/mol. The third-order valence-electron chi connectivity index (χ3n) is 2.37. The summed E-state index contributed by atoms with van der Waals surface area (Å²) in [6.45, 7) is -0.182. The Morgan fingerprint density at radius 2 is 1.89 bits per heavy atom. The molecule has 7 heteroatoms. The van der Waals surface area contributed by atoms with Crippen molar-refractivity contribution in [2.24, 2.45) is 0 Å². The van der Waals surface area contributed by atoms with Crippen molar-refractivity contribution in [2.45, 2.75) is 11.5 Å². The molecule has 19 heavy (non-hydrogen) atoms. The van der Waals surface area contributed by atoms with Crippen LogP contribution in [0.3, 0.4) is 0 Å². The van der Waals surface area contributed by atoms with Crippen LogP contribution < -0.4 is 4.72 Å². The lowest BCUT2D eigenvalue weighted by atomic mass is 10.3. The number of anilines is 1. The summed E-state index contributed by atoms with van der Waals surface area (Å²) < 4.78 is 26.4. The molecule has 0 bridgehead atoms.